The fourth-order valence-corrected chi connectivity index (χ4v) is 1.52. The van der Waals surface area contributed by atoms with Crippen molar-refractivity contribution < 1.29 is 18.3 Å². The number of hydrogen-bond donors (Lipinski definition) is 3. The minimum absolute atomic E-state index is 0.145. The second kappa shape index (κ2) is 9.75. The molecule has 0 aliphatic rings. The summed E-state index contributed by atoms with van der Waals surface area (Å²) in [6, 6.07) is 0. The molecule has 0 aromatic heterocycles. The van der Waals surface area contributed by atoms with Crippen molar-refractivity contribution in [1.82, 2.24) is 14.9 Å². The Bertz CT molecular complexity index is 271. The first-order chi connectivity index (χ1) is 7.95. The number of likely N-dealkylation sites (N-methyl/N-ethyl adjacent to an activating group) is 1. The van der Waals surface area contributed by atoms with E-state index >= 15 is 0 Å². The number of hydrogen-bond acceptors (Lipinski definition) is 6. The molecular weight excluding hydrogens is 246 g/mol. The highest BCUT2D eigenvalue weighted by Gasteiger charge is 1.98. The van der Waals surface area contributed by atoms with Crippen LogP contribution in [0.4, 0.5) is 0 Å². The van der Waals surface area contributed by atoms with Gasteiger partial charge in [0.25, 0.3) is 0 Å². The van der Waals surface area contributed by atoms with Gasteiger partial charge in [-0.2, -0.15) is 0 Å². The Morgan fingerprint density at radius 2 is 2.00 bits per heavy atom. The molecule has 3 N–H and O–H groups in total. The zero-order valence-corrected chi connectivity index (χ0v) is 11.3. The monoisotopic (exact) mass is 269 g/mol. The van der Waals surface area contributed by atoms with Crippen LogP contribution >= 0.6 is 0 Å². The molecule has 0 aromatic rings. The fourth-order valence-electron chi connectivity index (χ4n) is 1.04. The summed E-state index contributed by atoms with van der Waals surface area (Å²) in [5.74, 6) is 0. The molecule has 0 saturated carbocycles. The summed E-state index contributed by atoms with van der Waals surface area (Å²) in [5, 5.41) is 11.6. The smallest absolute Gasteiger partial charge is 0.208 e. The maximum Gasteiger partial charge on any atom is 0.208 e. The van der Waals surface area contributed by atoms with Gasteiger partial charge in [0.15, 0.2) is 0 Å². The molecule has 0 aliphatic heterocycles. The molecule has 0 unspecified atom stereocenters. The molecule has 0 saturated heterocycles. The molecule has 0 heterocycles. The molecule has 104 valence electrons. The molecule has 0 aromatic carbocycles. The van der Waals surface area contributed by atoms with E-state index in [0.717, 1.165) is 12.8 Å². The van der Waals surface area contributed by atoms with Crippen molar-refractivity contribution in [2.45, 2.75) is 0 Å². The molecule has 0 spiro atoms. The summed E-state index contributed by atoms with van der Waals surface area (Å²) in [7, 11) is -1.19. The van der Waals surface area contributed by atoms with Crippen LogP contribution in [0.15, 0.2) is 0 Å². The molecule has 0 fully saturated rings. The predicted molar refractivity (Wildman–Crippen MR) is 66.3 cm³/mol. The van der Waals surface area contributed by atoms with Gasteiger partial charge in [-0.25, -0.2) is 13.1 Å². The van der Waals surface area contributed by atoms with Crippen LogP contribution < -0.4 is 10.0 Å². The average Bonchev–Trinajstić information content (AvgIpc) is 2.21. The molecule has 0 aliphatic carbocycles. The van der Waals surface area contributed by atoms with E-state index in [0.29, 0.717) is 33.0 Å². The van der Waals surface area contributed by atoms with Crippen LogP contribution in [0.3, 0.4) is 0 Å². The van der Waals surface area contributed by atoms with Gasteiger partial charge in [0.2, 0.25) is 10.0 Å². The molecule has 0 bridgehead atoms. The minimum Gasteiger partial charge on any atom is -0.395 e. The summed E-state index contributed by atoms with van der Waals surface area (Å²) < 4.78 is 29.1. The Morgan fingerprint density at radius 3 is 2.59 bits per heavy atom. The average molecular weight is 269 g/mol. The van der Waals surface area contributed by atoms with E-state index in [4.69, 9.17) is 9.84 Å². The zero-order chi connectivity index (χ0) is 13.1. The van der Waals surface area contributed by atoms with Crippen molar-refractivity contribution in [2.75, 3.05) is 59.4 Å². The summed E-state index contributed by atoms with van der Waals surface area (Å²) >= 11 is 0. The molecular formula is C9H23N3O4S. The van der Waals surface area contributed by atoms with Crippen molar-refractivity contribution in [1.29, 1.82) is 0 Å². The van der Waals surface area contributed by atoms with Crippen LogP contribution in [0.25, 0.3) is 0 Å². The second-order valence-corrected chi connectivity index (χ2v) is 5.58. The highest BCUT2D eigenvalue weighted by molar-refractivity contribution is 7.88. The number of aliphatic hydroxyl groups is 1. The molecule has 0 atom stereocenters. The Hall–Kier alpha value is -0.250. The first-order valence-electron chi connectivity index (χ1n) is 5.48. The normalized spacial score (nSPS) is 12.2. The van der Waals surface area contributed by atoms with Crippen LogP contribution in [0.2, 0.25) is 0 Å². The van der Waals surface area contributed by atoms with E-state index in [-0.39, 0.29) is 6.61 Å². The zero-order valence-electron chi connectivity index (χ0n) is 10.5. The van der Waals surface area contributed by atoms with Gasteiger partial charge in [-0.15, -0.1) is 0 Å². The summed E-state index contributed by atoms with van der Waals surface area (Å²) in [4.78, 5) is 1.96. The third kappa shape index (κ3) is 13.7. The maximum atomic E-state index is 10.7. The van der Waals surface area contributed by atoms with Crippen molar-refractivity contribution >= 4 is 10.0 Å². The lowest BCUT2D eigenvalue weighted by Crippen LogP contribution is -2.33. The lowest BCUT2D eigenvalue weighted by molar-refractivity contribution is 0.0927. The number of ether oxygens (including phenoxy) is 1. The Kier molecular flexibility index (Phi) is 9.60. The first-order valence-corrected chi connectivity index (χ1v) is 7.37. The summed E-state index contributed by atoms with van der Waals surface area (Å²) in [6.07, 6.45) is 1.13. The van der Waals surface area contributed by atoms with E-state index in [1.807, 2.05) is 11.9 Å². The van der Waals surface area contributed by atoms with E-state index in [1.165, 1.54) is 0 Å². The largest absolute Gasteiger partial charge is 0.395 e. The highest BCUT2D eigenvalue weighted by Crippen LogP contribution is 1.81. The van der Waals surface area contributed by atoms with Gasteiger partial charge < -0.3 is 14.7 Å². The SMILES string of the molecule is CN(CCO)CCOCNCCNS(C)(=O)=O. The third-order valence-corrected chi connectivity index (χ3v) is 2.70. The lowest BCUT2D eigenvalue weighted by Gasteiger charge is -2.14. The van der Waals surface area contributed by atoms with Crippen molar-refractivity contribution in [3.63, 3.8) is 0 Å². The number of aliphatic hydroxyl groups excluding tert-OH is 1. The van der Waals surface area contributed by atoms with E-state index < -0.39 is 10.0 Å². The summed E-state index contributed by atoms with van der Waals surface area (Å²) in [6.45, 7) is 3.37. The van der Waals surface area contributed by atoms with E-state index in [2.05, 4.69) is 10.0 Å². The quantitative estimate of drug-likeness (QED) is 0.297. The Morgan fingerprint density at radius 1 is 1.29 bits per heavy atom. The van der Waals surface area contributed by atoms with E-state index in [9.17, 15) is 8.42 Å². The first kappa shape index (κ1) is 16.8. The Labute approximate surface area is 103 Å². The molecule has 0 rings (SSSR count). The van der Waals surface area contributed by atoms with Gasteiger partial charge in [0.05, 0.1) is 26.2 Å². The fraction of sp³-hybridized carbons (Fsp3) is 1.00. The number of nitrogens with zero attached hydrogens (tertiary/aromatic N) is 1. The Balaban J connectivity index is 3.19. The van der Waals surface area contributed by atoms with Gasteiger partial charge in [0, 0.05) is 26.2 Å². The minimum atomic E-state index is -3.10. The number of rotatable bonds is 11. The van der Waals surface area contributed by atoms with Crippen LogP contribution in [0.5, 0.6) is 0 Å². The van der Waals surface area contributed by atoms with Crippen molar-refractivity contribution in [2.24, 2.45) is 0 Å². The van der Waals surface area contributed by atoms with Gasteiger partial charge in [-0.1, -0.05) is 0 Å². The molecule has 7 nitrogen and oxygen atoms in total. The lowest BCUT2D eigenvalue weighted by atomic mass is 10.5. The number of nitrogens with one attached hydrogen (secondary N) is 2. The van der Waals surface area contributed by atoms with Crippen LogP contribution in [0, 0.1) is 0 Å². The van der Waals surface area contributed by atoms with Crippen molar-refractivity contribution in [3.05, 3.63) is 0 Å². The number of sulfonamides is 1. The second-order valence-electron chi connectivity index (χ2n) is 3.75. The topological polar surface area (TPSA) is 90.9 Å². The molecule has 8 heteroatoms. The van der Waals surface area contributed by atoms with Crippen LogP contribution in [-0.2, 0) is 14.8 Å². The standard InChI is InChI=1S/C9H23N3O4S/c1-12(5-7-13)6-8-16-9-10-3-4-11-17(2,14)15/h10-11,13H,3-9H2,1-2H3. The van der Waals surface area contributed by atoms with Gasteiger partial charge in [-0.05, 0) is 7.05 Å². The van der Waals surface area contributed by atoms with Gasteiger partial charge >= 0.3 is 0 Å². The van der Waals surface area contributed by atoms with Gasteiger partial charge in [0.1, 0.15) is 0 Å². The molecule has 0 amide bonds. The molecule has 0 radical (unpaired) electrons. The van der Waals surface area contributed by atoms with Crippen molar-refractivity contribution in [3.8, 4) is 0 Å². The molecule has 17 heavy (non-hydrogen) atoms. The van der Waals surface area contributed by atoms with E-state index in [1.54, 1.807) is 0 Å². The highest BCUT2D eigenvalue weighted by atomic mass is 32.2. The third-order valence-electron chi connectivity index (χ3n) is 1.97. The maximum absolute atomic E-state index is 10.7. The summed E-state index contributed by atoms with van der Waals surface area (Å²) in [5.41, 5.74) is 0. The van der Waals surface area contributed by atoms with Crippen LogP contribution in [-0.4, -0.2) is 77.9 Å². The van der Waals surface area contributed by atoms with Crippen LogP contribution in [0.1, 0.15) is 0 Å². The predicted octanol–water partition coefficient (Wildman–Crippen LogP) is -1.98. The van der Waals surface area contributed by atoms with Gasteiger partial charge in [-0.3, -0.25) is 5.32 Å².